The monoisotopic (exact) mass is 892 g/mol. The second kappa shape index (κ2) is 13.8. The Labute approximate surface area is 401 Å². The Bertz CT molecular complexity index is 3730. The first-order chi connectivity index (χ1) is 33.7. The topological polar surface area (TPSA) is 55.4 Å². The minimum absolute atomic E-state index is 0.165. The van der Waals surface area contributed by atoms with E-state index in [-0.39, 0.29) is 24.3 Å². The van der Waals surface area contributed by atoms with Crippen molar-refractivity contribution in [1.82, 2.24) is 0 Å². The molecule has 9 aromatic rings. The summed E-state index contributed by atoms with van der Waals surface area (Å²) in [5, 5.41) is 0. The first-order valence-corrected chi connectivity index (χ1v) is 24.0. The van der Waals surface area contributed by atoms with Gasteiger partial charge < -0.3 is 28.4 Å². The molecule has 0 bridgehead atoms. The Morgan fingerprint density at radius 2 is 0.841 bits per heavy atom. The average Bonchev–Trinajstić information content (AvgIpc) is 3.77. The summed E-state index contributed by atoms with van der Waals surface area (Å²) in [5.41, 5.74) is 15.7. The molecule has 2 aliphatic carbocycles. The lowest BCUT2D eigenvalue weighted by molar-refractivity contribution is 0.435. The zero-order chi connectivity index (χ0) is 45.9. The third kappa shape index (κ3) is 5.29. The molecular weight excluding hydrogens is 850 g/mol. The summed E-state index contributed by atoms with van der Waals surface area (Å²) >= 11 is 0. The maximum atomic E-state index is 7.26. The van der Waals surface area contributed by atoms with Gasteiger partial charge >= 0.3 is 0 Å². The first-order valence-electron chi connectivity index (χ1n) is 24.0. The van der Waals surface area contributed by atoms with E-state index in [1.165, 1.54) is 33.4 Å². The van der Waals surface area contributed by atoms with Crippen LogP contribution >= 0.6 is 0 Å². The van der Waals surface area contributed by atoms with E-state index >= 15 is 0 Å². The molecule has 0 saturated carbocycles. The van der Waals surface area contributed by atoms with E-state index in [1.807, 2.05) is 84.9 Å². The molecule has 4 aliphatic heterocycles. The van der Waals surface area contributed by atoms with Gasteiger partial charge in [-0.15, -0.1) is 0 Å². The zero-order valence-electron chi connectivity index (χ0n) is 38.5. The van der Waals surface area contributed by atoms with Crippen LogP contribution in [0.3, 0.4) is 0 Å². The summed E-state index contributed by atoms with van der Waals surface area (Å²) in [6, 6.07) is 59.0. The van der Waals surface area contributed by atoms with Gasteiger partial charge in [0.1, 0.15) is 69.0 Å². The van der Waals surface area contributed by atoms with Crippen molar-refractivity contribution in [3.05, 3.63) is 192 Å². The van der Waals surface area contributed by atoms with Crippen LogP contribution in [0.15, 0.2) is 170 Å². The lowest BCUT2D eigenvalue weighted by Crippen LogP contribution is -2.61. The Kier molecular flexibility index (Phi) is 7.77. The van der Waals surface area contributed by atoms with Crippen LogP contribution in [0.2, 0.25) is 0 Å². The van der Waals surface area contributed by atoms with Gasteiger partial charge in [0.25, 0.3) is 13.4 Å². The maximum absolute atomic E-state index is 7.26. The standard InChI is InChI=1S/C61H42B2O6/c1-5-61(4)41-23-15-13-21-39(41)55-43(61)25-27-45-59(55)69-53-31-37(65-35-18-10-7-11-19-35)29-51-57(53)63(45)47-32-46-48(33-49(47)67-51)66-50-28-36(64-34-16-8-6-9-17-34)30-52-56(50)62(46)44-26-24-42-54(58(44)68-52)38-20-12-14-22-40(38)60(42,2)3/h6-33H,5H2,1-4H3. The fourth-order valence-electron chi connectivity index (χ4n) is 12.6. The predicted octanol–water partition coefficient (Wildman–Crippen LogP) is 11.7. The number of hydrogen-bond donors (Lipinski definition) is 0. The third-order valence-electron chi connectivity index (χ3n) is 16.0. The molecule has 6 nitrogen and oxygen atoms in total. The lowest BCUT2D eigenvalue weighted by Gasteiger charge is -2.37. The smallest absolute Gasteiger partial charge is 0.260 e. The number of benzene rings is 9. The minimum atomic E-state index is -0.223. The van der Waals surface area contributed by atoms with Gasteiger partial charge in [-0.25, -0.2) is 0 Å². The summed E-state index contributed by atoms with van der Waals surface area (Å²) in [7, 11) is 0. The van der Waals surface area contributed by atoms with E-state index in [2.05, 4.69) is 113 Å². The van der Waals surface area contributed by atoms with Crippen molar-refractivity contribution in [2.45, 2.75) is 44.9 Å². The van der Waals surface area contributed by atoms with Crippen LogP contribution in [0.25, 0.3) is 22.3 Å². The highest BCUT2D eigenvalue weighted by Gasteiger charge is 2.50. The highest BCUT2D eigenvalue weighted by atomic mass is 16.5. The Morgan fingerprint density at radius 1 is 0.391 bits per heavy atom. The van der Waals surface area contributed by atoms with E-state index in [0.717, 1.165) is 90.6 Å². The molecule has 0 amide bonds. The largest absolute Gasteiger partial charge is 0.458 e. The Morgan fingerprint density at radius 3 is 1.38 bits per heavy atom. The molecular formula is C61H42B2O6. The SMILES string of the molecule is CCC1(C)c2ccccc2-c2c1ccc1c2Oc2cc(Oc3ccccc3)cc3c2B1c1cc2c(cc1O3)Oc1cc(Oc3ccccc3)cc3c1B2c1ccc2c(c1O3)-c1ccccc1C2(C)C. The van der Waals surface area contributed by atoms with Crippen molar-refractivity contribution < 1.29 is 28.4 Å². The average molecular weight is 893 g/mol. The molecule has 0 fully saturated rings. The second-order valence-electron chi connectivity index (χ2n) is 19.9. The summed E-state index contributed by atoms with van der Waals surface area (Å²) in [6.45, 7) is 8.82. The Balaban J connectivity index is 0.963. The molecule has 1 atom stereocenters. The van der Waals surface area contributed by atoms with Crippen LogP contribution < -0.4 is 61.2 Å². The van der Waals surface area contributed by atoms with Crippen molar-refractivity contribution in [3.8, 4) is 91.2 Å². The van der Waals surface area contributed by atoms with E-state index < -0.39 is 0 Å². The lowest BCUT2D eigenvalue weighted by atomic mass is 9.31. The molecule has 0 saturated heterocycles. The van der Waals surface area contributed by atoms with Gasteiger partial charge in [-0.1, -0.05) is 143 Å². The second-order valence-corrected chi connectivity index (χ2v) is 19.9. The van der Waals surface area contributed by atoms with Crippen molar-refractivity contribution in [1.29, 1.82) is 0 Å². The fourth-order valence-corrected chi connectivity index (χ4v) is 12.6. The van der Waals surface area contributed by atoms with Crippen LogP contribution in [0, 0.1) is 0 Å². The van der Waals surface area contributed by atoms with Crippen molar-refractivity contribution in [2.75, 3.05) is 0 Å². The van der Waals surface area contributed by atoms with Gasteiger partial charge in [-0.05, 0) is 85.9 Å². The maximum Gasteiger partial charge on any atom is 0.260 e. The molecule has 8 heteroatoms. The molecule has 328 valence electrons. The predicted molar refractivity (Wildman–Crippen MR) is 275 cm³/mol. The van der Waals surface area contributed by atoms with Crippen molar-refractivity contribution >= 4 is 46.2 Å². The van der Waals surface area contributed by atoms with E-state index in [0.29, 0.717) is 28.7 Å². The van der Waals surface area contributed by atoms with E-state index in [9.17, 15) is 0 Å². The number of rotatable bonds is 5. The number of ether oxygens (including phenoxy) is 6. The minimum Gasteiger partial charge on any atom is -0.458 e. The van der Waals surface area contributed by atoms with Gasteiger partial charge in [0.15, 0.2) is 0 Å². The van der Waals surface area contributed by atoms with E-state index in [4.69, 9.17) is 28.4 Å². The van der Waals surface area contributed by atoms with Gasteiger partial charge in [0.05, 0.1) is 0 Å². The van der Waals surface area contributed by atoms with E-state index in [1.54, 1.807) is 0 Å². The quantitative estimate of drug-likeness (QED) is 0.161. The van der Waals surface area contributed by atoms with Gasteiger partial charge in [0.2, 0.25) is 0 Å². The molecule has 0 radical (unpaired) electrons. The highest BCUT2D eigenvalue weighted by Crippen LogP contribution is 2.56. The molecule has 6 aliphatic rings. The molecule has 4 heterocycles. The number of fused-ring (bicyclic) bond motifs is 16. The molecule has 0 spiro atoms. The molecule has 9 aromatic carbocycles. The third-order valence-corrected chi connectivity index (χ3v) is 16.0. The molecule has 15 rings (SSSR count). The van der Waals surface area contributed by atoms with Crippen LogP contribution in [0.1, 0.15) is 56.4 Å². The Hall–Kier alpha value is -8.09. The zero-order valence-corrected chi connectivity index (χ0v) is 38.5. The molecule has 69 heavy (non-hydrogen) atoms. The van der Waals surface area contributed by atoms with Gasteiger partial charge in [-0.3, -0.25) is 0 Å². The highest BCUT2D eigenvalue weighted by molar-refractivity contribution is 7.01. The van der Waals surface area contributed by atoms with Gasteiger partial charge in [0, 0.05) is 63.2 Å². The summed E-state index contributed by atoms with van der Waals surface area (Å²) in [5.74, 6) is 8.72. The summed E-state index contributed by atoms with van der Waals surface area (Å²) in [6.07, 6.45) is 0.958. The fraction of sp³-hybridized carbons (Fsp3) is 0.115. The normalized spacial score (nSPS) is 16.8. The van der Waals surface area contributed by atoms with Crippen LogP contribution in [0.4, 0.5) is 0 Å². The van der Waals surface area contributed by atoms with Crippen LogP contribution in [-0.2, 0) is 10.8 Å². The summed E-state index contributed by atoms with van der Waals surface area (Å²) in [4.78, 5) is 0. The summed E-state index contributed by atoms with van der Waals surface area (Å²) < 4.78 is 41.7. The van der Waals surface area contributed by atoms with Gasteiger partial charge in [-0.2, -0.15) is 0 Å². The van der Waals surface area contributed by atoms with Crippen LogP contribution in [-0.4, -0.2) is 13.4 Å². The van der Waals surface area contributed by atoms with Crippen LogP contribution in [0.5, 0.6) is 69.0 Å². The van der Waals surface area contributed by atoms with Crippen molar-refractivity contribution in [2.24, 2.45) is 0 Å². The molecule has 0 aromatic heterocycles. The van der Waals surface area contributed by atoms with Crippen molar-refractivity contribution in [3.63, 3.8) is 0 Å². The number of para-hydroxylation sites is 2. The number of hydrogen-bond acceptors (Lipinski definition) is 6. The molecule has 1 unspecified atom stereocenters. The first kappa shape index (κ1) is 39.0. The molecule has 0 N–H and O–H groups in total.